The predicted molar refractivity (Wildman–Crippen MR) is 51.0 cm³/mol. The van der Waals surface area contributed by atoms with Crippen LogP contribution < -0.4 is 0 Å². The smallest absolute Gasteiger partial charge is 0.0950 e. The average molecular weight is 174 g/mol. The molecule has 2 heteroatoms. The Labute approximate surface area is 75.9 Å². The van der Waals surface area contributed by atoms with Crippen LogP contribution in [0.4, 0.5) is 0 Å². The summed E-state index contributed by atoms with van der Waals surface area (Å²) in [6.07, 6.45) is 0.915. The maximum atomic E-state index is 8.57. The summed E-state index contributed by atoms with van der Waals surface area (Å²) in [4.78, 5) is 4.36. The van der Waals surface area contributed by atoms with Gasteiger partial charge in [0.05, 0.1) is 6.10 Å². The van der Waals surface area contributed by atoms with E-state index in [1.165, 1.54) is 0 Å². The molecule has 0 rings (SSSR count). The van der Waals surface area contributed by atoms with Gasteiger partial charge in [-0.05, 0) is 24.2 Å². The third-order valence-electron chi connectivity index (χ3n) is 2.24. The lowest BCUT2D eigenvalue weighted by Crippen LogP contribution is -2.32. The molecular weight excluding hydrogens is 152 g/mol. The zero-order valence-corrected chi connectivity index (χ0v) is 9.14. The van der Waals surface area contributed by atoms with Crippen LogP contribution >= 0.6 is 0 Å². The van der Waals surface area contributed by atoms with Crippen LogP contribution in [0.3, 0.4) is 0 Å². The monoisotopic (exact) mass is 174 g/mol. The molecule has 0 fully saturated rings. The van der Waals surface area contributed by atoms with Crippen LogP contribution in [0, 0.1) is 10.8 Å². The Morgan fingerprint density at radius 2 is 1.58 bits per heavy atom. The lowest BCUT2D eigenvalue weighted by atomic mass is 9.73. The summed E-state index contributed by atoms with van der Waals surface area (Å²) < 4.78 is 0. The highest BCUT2D eigenvalue weighted by Crippen LogP contribution is 2.36. The van der Waals surface area contributed by atoms with Gasteiger partial charge in [0.1, 0.15) is 0 Å². The molecule has 0 spiro atoms. The second kappa shape index (κ2) is 3.75. The molecule has 0 aromatic carbocycles. The van der Waals surface area contributed by atoms with Crippen molar-refractivity contribution in [2.24, 2.45) is 10.8 Å². The van der Waals surface area contributed by atoms with Crippen molar-refractivity contribution in [2.45, 2.75) is 54.1 Å². The second-order valence-corrected chi connectivity index (χ2v) is 5.47. The van der Waals surface area contributed by atoms with E-state index in [1.807, 2.05) is 6.92 Å². The van der Waals surface area contributed by atoms with Crippen molar-refractivity contribution < 1.29 is 10.1 Å². The van der Waals surface area contributed by atoms with Crippen LogP contribution in [0.5, 0.6) is 0 Å². The van der Waals surface area contributed by atoms with Crippen molar-refractivity contribution in [1.29, 1.82) is 0 Å². The molecule has 0 amide bonds. The Hall–Kier alpha value is -0.0800. The number of hydrogen-bond acceptors (Lipinski definition) is 2. The van der Waals surface area contributed by atoms with Gasteiger partial charge in [0, 0.05) is 0 Å². The highest BCUT2D eigenvalue weighted by molar-refractivity contribution is 4.80. The summed E-state index contributed by atoms with van der Waals surface area (Å²) >= 11 is 0. The van der Waals surface area contributed by atoms with Gasteiger partial charge in [0.25, 0.3) is 0 Å². The van der Waals surface area contributed by atoms with E-state index in [-0.39, 0.29) is 16.9 Å². The van der Waals surface area contributed by atoms with Crippen molar-refractivity contribution in [3.8, 4) is 0 Å². The minimum atomic E-state index is -0.114. The molecule has 12 heavy (non-hydrogen) atoms. The second-order valence-electron chi connectivity index (χ2n) is 5.47. The average Bonchev–Trinajstić information content (AvgIpc) is 1.80. The third kappa shape index (κ3) is 4.07. The molecule has 0 saturated heterocycles. The van der Waals surface area contributed by atoms with Gasteiger partial charge in [-0.15, -0.1) is 0 Å². The maximum absolute atomic E-state index is 8.57. The summed E-state index contributed by atoms with van der Waals surface area (Å²) in [6.45, 7) is 12.7. The fourth-order valence-corrected chi connectivity index (χ4v) is 1.65. The van der Waals surface area contributed by atoms with Gasteiger partial charge >= 0.3 is 0 Å². The molecule has 2 nitrogen and oxygen atoms in total. The molecule has 0 aliphatic rings. The third-order valence-corrected chi connectivity index (χ3v) is 2.24. The van der Waals surface area contributed by atoms with E-state index in [0.717, 1.165) is 6.42 Å². The first-order valence-corrected chi connectivity index (χ1v) is 4.49. The maximum Gasteiger partial charge on any atom is 0.0950 e. The van der Waals surface area contributed by atoms with Crippen molar-refractivity contribution in [1.82, 2.24) is 0 Å². The van der Waals surface area contributed by atoms with Crippen LogP contribution in [0.2, 0.25) is 0 Å². The van der Waals surface area contributed by atoms with Gasteiger partial charge in [-0.1, -0.05) is 34.6 Å². The van der Waals surface area contributed by atoms with Gasteiger partial charge in [0.15, 0.2) is 0 Å². The lowest BCUT2D eigenvalue weighted by Gasteiger charge is -2.35. The molecule has 0 aliphatic carbocycles. The van der Waals surface area contributed by atoms with Gasteiger partial charge in [0.2, 0.25) is 0 Å². The van der Waals surface area contributed by atoms with Crippen molar-refractivity contribution >= 4 is 0 Å². The molecular formula is C10H22O2. The Balaban J connectivity index is 4.22. The van der Waals surface area contributed by atoms with Crippen molar-refractivity contribution in [2.75, 3.05) is 0 Å². The molecule has 1 unspecified atom stereocenters. The summed E-state index contributed by atoms with van der Waals surface area (Å²) in [5.41, 5.74) is 0.295. The molecule has 0 heterocycles. The van der Waals surface area contributed by atoms with E-state index in [2.05, 4.69) is 39.5 Å². The van der Waals surface area contributed by atoms with E-state index in [0.29, 0.717) is 0 Å². The quantitative estimate of drug-likeness (QED) is 0.525. The Morgan fingerprint density at radius 1 is 1.17 bits per heavy atom. The molecule has 0 aromatic heterocycles. The van der Waals surface area contributed by atoms with E-state index in [1.54, 1.807) is 0 Å². The minimum Gasteiger partial charge on any atom is -0.252 e. The lowest BCUT2D eigenvalue weighted by molar-refractivity contribution is -0.298. The summed E-state index contributed by atoms with van der Waals surface area (Å²) in [7, 11) is 0. The molecule has 0 aliphatic heterocycles. The first-order chi connectivity index (χ1) is 5.19. The summed E-state index contributed by atoms with van der Waals surface area (Å²) in [6, 6.07) is 0. The fraction of sp³-hybridized carbons (Fsp3) is 1.00. The molecule has 0 bridgehead atoms. The highest BCUT2D eigenvalue weighted by Gasteiger charge is 2.31. The largest absolute Gasteiger partial charge is 0.252 e. The zero-order valence-electron chi connectivity index (χ0n) is 9.14. The van der Waals surface area contributed by atoms with Crippen molar-refractivity contribution in [3.63, 3.8) is 0 Å². The van der Waals surface area contributed by atoms with E-state index in [9.17, 15) is 0 Å². The minimum absolute atomic E-state index is 0.0208. The first kappa shape index (κ1) is 11.9. The standard InChI is InChI=1S/C10H22O2/c1-8(12-11)10(5,6)7-9(2,3)4/h8,11H,7H2,1-6H3. The van der Waals surface area contributed by atoms with E-state index in [4.69, 9.17) is 5.26 Å². The van der Waals surface area contributed by atoms with Gasteiger partial charge in [-0.3, -0.25) is 5.26 Å². The number of rotatable bonds is 3. The van der Waals surface area contributed by atoms with Crippen LogP contribution in [-0.4, -0.2) is 11.4 Å². The van der Waals surface area contributed by atoms with Gasteiger partial charge in [-0.25, -0.2) is 4.89 Å². The molecule has 0 aromatic rings. The molecule has 0 radical (unpaired) electrons. The molecule has 1 N–H and O–H groups in total. The molecule has 74 valence electrons. The zero-order chi connectivity index (χ0) is 9.99. The Kier molecular flexibility index (Phi) is 3.73. The van der Waals surface area contributed by atoms with Crippen LogP contribution in [0.15, 0.2) is 0 Å². The van der Waals surface area contributed by atoms with Gasteiger partial charge in [-0.2, -0.15) is 0 Å². The summed E-state index contributed by atoms with van der Waals surface area (Å²) in [5, 5.41) is 8.57. The Morgan fingerprint density at radius 3 is 1.83 bits per heavy atom. The number of hydrogen-bond donors (Lipinski definition) is 1. The fourth-order valence-electron chi connectivity index (χ4n) is 1.65. The SMILES string of the molecule is CC(OO)C(C)(C)CC(C)(C)C. The molecule has 1 atom stereocenters. The normalized spacial score (nSPS) is 16.2. The predicted octanol–water partition coefficient (Wildman–Crippen LogP) is 3.33. The highest BCUT2D eigenvalue weighted by atomic mass is 17.1. The van der Waals surface area contributed by atoms with Crippen LogP contribution in [0.1, 0.15) is 48.0 Å². The van der Waals surface area contributed by atoms with Gasteiger partial charge < -0.3 is 0 Å². The van der Waals surface area contributed by atoms with E-state index < -0.39 is 0 Å². The topological polar surface area (TPSA) is 29.5 Å². The van der Waals surface area contributed by atoms with E-state index >= 15 is 0 Å². The van der Waals surface area contributed by atoms with Crippen LogP contribution in [-0.2, 0) is 4.89 Å². The van der Waals surface area contributed by atoms with Crippen molar-refractivity contribution in [3.05, 3.63) is 0 Å². The first-order valence-electron chi connectivity index (χ1n) is 4.49. The summed E-state index contributed by atoms with van der Waals surface area (Å²) in [5.74, 6) is 0. The molecule has 0 saturated carbocycles. The van der Waals surface area contributed by atoms with Crippen LogP contribution in [0.25, 0.3) is 0 Å². The Bertz CT molecular complexity index is 133.